The zero-order chi connectivity index (χ0) is 18.2. The third kappa shape index (κ3) is 2.90. The molecule has 0 atom stereocenters. The Morgan fingerprint density at radius 2 is 1.81 bits per heavy atom. The molecule has 2 aromatic rings. The molecule has 6 heteroatoms. The third-order valence-corrected chi connectivity index (χ3v) is 5.38. The number of anilines is 2. The van der Waals surface area contributed by atoms with E-state index in [4.69, 9.17) is 14.2 Å². The summed E-state index contributed by atoms with van der Waals surface area (Å²) in [4.78, 5) is 15.5. The Labute approximate surface area is 158 Å². The van der Waals surface area contributed by atoms with Crippen LogP contribution in [0, 0.1) is 0 Å². The average Bonchev–Trinajstić information content (AvgIpc) is 3.36. The third-order valence-electron chi connectivity index (χ3n) is 5.38. The molecule has 2 aromatic carbocycles. The molecule has 0 saturated carbocycles. The summed E-state index contributed by atoms with van der Waals surface area (Å²) in [6.45, 7) is 4.27. The molecule has 0 radical (unpaired) electrons. The Balaban J connectivity index is 1.49. The molecule has 0 aliphatic carbocycles. The number of benzene rings is 2. The number of fused-ring (bicyclic) bond motifs is 2. The fraction of sp³-hybridized carbons (Fsp3) is 0.381. The minimum absolute atomic E-state index is 0.129. The molecule has 5 rings (SSSR count). The lowest BCUT2D eigenvalue weighted by Crippen LogP contribution is -2.36. The van der Waals surface area contributed by atoms with Crippen molar-refractivity contribution in [2.75, 3.05) is 49.7 Å². The molecule has 0 unspecified atom stereocenters. The Kier molecular flexibility index (Phi) is 4.13. The molecule has 3 heterocycles. The van der Waals surface area contributed by atoms with Gasteiger partial charge in [0.2, 0.25) is 0 Å². The van der Waals surface area contributed by atoms with Crippen molar-refractivity contribution in [1.82, 2.24) is 0 Å². The minimum Gasteiger partial charge on any atom is -0.493 e. The van der Waals surface area contributed by atoms with Crippen LogP contribution in [-0.2, 0) is 17.6 Å². The summed E-state index contributed by atoms with van der Waals surface area (Å²) in [5.74, 6) is 1.42. The van der Waals surface area contributed by atoms with Gasteiger partial charge in [0, 0.05) is 37.1 Å². The van der Waals surface area contributed by atoms with E-state index in [1.165, 1.54) is 0 Å². The highest BCUT2D eigenvalue weighted by Gasteiger charge is 2.30. The number of nitrogens with zero attached hydrogens (tertiary/aromatic N) is 1. The maximum atomic E-state index is 13.3. The van der Waals surface area contributed by atoms with E-state index in [0.717, 1.165) is 59.9 Å². The summed E-state index contributed by atoms with van der Waals surface area (Å²) in [5.41, 5.74) is 4.48. The zero-order valence-electron chi connectivity index (χ0n) is 15.1. The molecule has 1 fully saturated rings. The predicted molar refractivity (Wildman–Crippen MR) is 102 cm³/mol. The van der Waals surface area contributed by atoms with Crippen LogP contribution in [0.1, 0.15) is 21.5 Å². The van der Waals surface area contributed by atoms with Gasteiger partial charge in [-0.3, -0.25) is 4.79 Å². The molecular formula is C21H22N2O4. The van der Waals surface area contributed by atoms with E-state index < -0.39 is 0 Å². The highest BCUT2D eigenvalue weighted by atomic mass is 16.5. The van der Waals surface area contributed by atoms with Crippen molar-refractivity contribution in [2.24, 2.45) is 0 Å². The van der Waals surface area contributed by atoms with Crippen molar-refractivity contribution in [3.8, 4) is 11.5 Å². The van der Waals surface area contributed by atoms with Gasteiger partial charge in [-0.15, -0.1) is 0 Å². The first-order valence-corrected chi connectivity index (χ1v) is 9.48. The molecule has 0 spiro atoms. The van der Waals surface area contributed by atoms with Crippen LogP contribution < -0.4 is 19.7 Å². The maximum Gasteiger partial charge on any atom is 0.259 e. The van der Waals surface area contributed by atoms with Crippen LogP contribution in [0.3, 0.4) is 0 Å². The van der Waals surface area contributed by atoms with Gasteiger partial charge in [-0.05, 0) is 18.2 Å². The lowest BCUT2D eigenvalue weighted by Gasteiger charge is -2.30. The van der Waals surface area contributed by atoms with Gasteiger partial charge in [0.15, 0.2) is 0 Å². The normalized spacial score (nSPS) is 17.7. The van der Waals surface area contributed by atoms with Gasteiger partial charge in [0.25, 0.3) is 5.91 Å². The summed E-state index contributed by atoms with van der Waals surface area (Å²) in [7, 11) is 0. The fourth-order valence-electron chi connectivity index (χ4n) is 4.07. The Hall–Kier alpha value is -2.73. The highest BCUT2D eigenvalue weighted by molar-refractivity contribution is 6.09. The zero-order valence-corrected chi connectivity index (χ0v) is 15.1. The summed E-state index contributed by atoms with van der Waals surface area (Å²) >= 11 is 0. The molecule has 27 heavy (non-hydrogen) atoms. The largest absolute Gasteiger partial charge is 0.493 e. The number of amides is 1. The summed E-state index contributed by atoms with van der Waals surface area (Å²) < 4.78 is 17.0. The monoisotopic (exact) mass is 366 g/mol. The highest BCUT2D eigenvalue weighted by Crippen LogP contribution is 2.41. The molecule has 0 aromatic heterocycles. The molecule has 3 aliphatic heterocycles. The van der Waals surface area contributed by atoms with E-state index in [9.17, 15) is 4.79 Å². The first-order chi connectivity index (χ1) is 13.3. The lowest BCUT2D eigenvalue weighted by atomic mass is 9.99. The smallest absolute Gasteiger partial charge is 0.259 e. The second kappa shape index (κ2) is 6.78. The molecular weight excluding hydrogens is 344 g/mol. The van der Waals surface area contributed by atoms with Crippen molar-refractivity contribution in [1.29, 1.82) is 0 Å². The van der Waals surface area contributed by atoms with Crippen LogP contribution in [-0.4, -0.2) is 45.4 Å². The quantitative estimate of drug-likeness (QED) is 0.905. The molecule has 3 aliphatic rings. The van der Waals surface area contributed by atoms with Crippen LogP contribution in [0.25, 0.3) is 0 Å². The van der Waals surface area contributed by atoms with Gasteiger partial charge >= 0.3 is 0 Å². The number of morpholine rings is 1. The Bertz CT molecular complexity index is 858. The Morgan fingerprint density at radius 1 is 1.00 bits per heavy atom. The topological polar surface area (TPSA) is 60.0 Å². The van der Waals surface area contributed by atoms with Crippen molar-refractivity contribution in [2.45, 2.75) is 12.8 Å². The summed E-state index contributed by atoms with van der Waals surface area (Å²) in [6, 6.07) is 9.96. The molecule has 0 bridgehead atoms. The lowest BCUT2D eigenvalue weighted by molar-refractivity contribution is 0.102. The first-order valence-electron chi connectivity index (χ1n) is 9.48. The molecule has 1 N–H and O–H groups in total. The fourth-order valence-corrected chi connectivity index (χ4v) is 4.07. The minimum atomic E-state index is -0.129. The standard InChI is InChI=1S/C21H22N2O4/c24-21(19-15-6-10-26-18(15)13-14-5-9-27-20(14)19)22-16-3-1-2-4-17(16)23-7-11-25-12-8-23/h1-4,13H,5-12H2,(H,22,24). The van der Waals surface area contributed by atoms with E-state index in [-0.39, 0.29) is 5.91 Å². The van der Waals surface area contributed by atoms with E-state index in [1.807, 2.05) is 30.3 Å². The number of ether oxygens (including phenoxy) is 3. The summed E-state index contributed by atoms with van der Waals surface area (Å²) in [6.07, 6.45) is 1.55. The maximum absolute atomic E-state index is 13.3. The van der Waals surface area contributed by atoms with E-state index >= 15 is 0 Å². The van der Waals surface area contributed by atoms with Crippen molar-refractivity contribution in [3.63, 3.8) is 0 Å². The van der Waals surface area contributed by atoms with Gasteiger partial charge < -0.3 is 24.4 Å². The van der Waals surface area contributed by atoms with Crippen LogP contribution in [0.15, 0.2) is 30.3 Å². The van der Waals surface area contributed by atoms with Crippen LogP contribution in [0.2, 0.25) is 0 Å². The predicted octanol–water partition coefficient (Wildman–Crippen LogP) is 2.65. The van der Waals surface area contributed by atoms with Gasteiger partial charge in [0.1, 0.15) is 11.5 Å². The van der Waals surface area contributed by atoms with E-state index in [1.54, 1.807) is 0 Å². The van der Waals surface area contributed by atoms with Gasteiger partial charge in [-0.1, -0.05) is 12.1 Å². The van der Waals surface area contributed by atoms with Gasteiger partial charge in [0.05, 0.1) is 43.4 Å². The molecule has 6 nitrogen and oxygen atoms in total. The van der Waals surface area contributed by atoms with Crippen molar-refractivity contribution >= 4 is 17.3 Å². The van der Waals surface area contributed by atoms with Crippen LogP contribution in [0.5, 0.6) is 11.5 Å². The number of nitrogens with one attached hydrogen (secondary N) is 1. The second-order valence-electron chi connectivity index (χ2n) is 6.98. The number of para-hydroxylation sites is 2. The number of carbonyl (C=O) groups is 1. The average molecular weight is 366 g/mol. The molecule has 1 saturated heterocycles. The number of hydrogen-bond acceptors (Lipinski definition) is 5. The van der Waals surface area contributed by atoms with E-state index in [2.05, 4.69) is 10.2 Å². The van der Waals surface area contributed by atoms with Crippen LogP contribution >= 0.6 is 0 Å². The van der Waals surface area contributed by atoms with E-state index in [0.29, 0.717) is 32.0 Å². The number of rotatable bonds is 3. The SMILES string of the molecule is O=C(Nc1ccccc1N1CCOCC1)c1c2c(cc3c1OCC3)OCC2. The summed E-state index contributed by atoms with van der Waals surface area (Å²) in [5, 5.41) is 3.13. The molecule has 1 amide bonds. The van der Waals surface area contributed by atoms with Crippen molar-refractivity contribution < 1.29 is 19.0 Å². The van der Waals surface area contributed by atoms with Crippen LogP contribution in [0.4, 0.5) is 11.4 Å². The van der Waals surface area contributed by atoms with Gasteiger partial charge in [-0.2, -0.15) is 0 Å². The molecule has 140 valence electrons. The number of hydrogen-bond donors (Lipinski definition) is 1. The van der Waals surface area contributed by atoms with Gasteiger partial charge in [-0.25, -0.2) is 0 Å². The number of carbonyl (C=O) groups excluding carboxylic acids is 1. The van der Waals surface area contributed by atoms with Crippen molar-refractivity contribution in [3.05, 3.63) is 47.0 Å². The Morgan fingerprint density at radius 3 is 2.70 bits per heavy atom. The first kappa shape index (κ1) is 16.4. The second-order valence-corrected chi connectivity index (χ2v) is 6.98.